The first-order valence-corrected chi connectivity index (χ1v) is 6.17. The van der Waals surface area contributed by atoms with E-state index in [0.717, 1.165) is 31.9 Å². The van der Waals surface area contributed by atoms with Gasteiger partial charge in [0.05, 0.1) is 5.57 Å². The number of carboxylic acids is 1. The highest BCUT2D eigenvalue weighted by Crippen LogP contribution is 2.25. The van der Waals surface area contributed by atoms with Crippen molar-refractivity contribution in [1.82, 2.24) is 5.32 Å². The maximum atomic E-state index is 11.2. The molecule has 100 valence electrons. The van der Waals surface area contributed by atoms with Crippen LogP contribution in [0, 0.1) is 11.3 Å². The molecule has 0 aromatic rings. The van der Waals surface area contributed by atoms with Crippen LogP contribution in [0.2, 0.25) is 0 Å². The average Bonchev–Trinajstić information content (AvgIpc) is 2.29. The first kappa shape index (κ1) is 14.4. The summed E-state index contributed by atoms with van der Waals surface area (Å²) in [7, 11) is 0. The van der Waals surface area contributed by atoms with Crippen LogP contribution in [-0.2, 0) is 9.59 Å². The molecule has 0 radical (unpaired) electrons. The number of carboxylic acid groups (broad SMARTS) is 1. The van der Waals surface area contributed by atoms with Gasteiger partial charge in [0.15, 0.2) is 0 Å². The minimum atomic E-state index is -1.09. The van der Waals surface area contributed by atoms with E-state index in [1.54, 1.807) is 13.8 Å². The summed E-state index contributed by atoms with van der Waals surface area (Å²) in [4.78, 5) is 22.1. The van der Waals surface area contributed by atoms with Crippen LogP contribution in [0.1, 0.15) is 39.5 Å². The van der Waals surface area contributed by atoms with E-state index >= 15 is 0 Å². The van der Waals surface area contributed by atoms with Crippen molar-refractivity contribution in [3.63, 3.8) is 0 Å². The molecule has 18 heavy (non-hydrogen) atoms. The quantitative estimate of drug-likeness (QED) is 0.513. The Bertz CT molecular complexity index is 380. The Labute approximate surface area is 107 Å². The summed E-state index contributed by atoms with van der Waals surface area (Å²) in [5.41, 5.74) is 0.507. The van der Waals surface area contributed by atoms with Crippen molar-refractivity contribution in [2.75, 3.05) is 0 Å². The van der Waals surface area contributed by atoms with Crippen LogP contribution in [0.5, 0.6) is 0 Å². The first-order chi connectivity index (χ1) is 8.45. The second kappa shape index (κ2) is 6.33. The highest BCUT2D eigenvalue weighted by atomic mass is 16.4. The number of hydrogen-bond acceptors (Lipinski definition) is 4. The Morgan fingerprint density at radius 3 is 2.17 bits per heavy atom. The lowest BCUT2D eigenvalue weighted by molar-refractivity contribution is -0.132. The number of allylic oxidation sites excluding steroid dienone is 1. The third-order valence-corrected chi connectivity index (χ3v) is 3.50. The smallest absolute Gasteiger partial charge is 0.338 e. The van der Waals surface area contributed by atoms with Crippen molar-refractivity contribution in [3.8, 4) is 0 Å². The fraction of sp³-hybridized carbons (Fsp3) is 0.615. The number of carbonyl (C=O) groups excluding carboxylic acids is 1. The van der Waals surface area contributed by atoms with Crippen LogP contribution in [0.25, 0.3) is 0 Å². The molecule has 0 heterocycles. The summed E-state index contributed by atoms with van der Waals surface area (Å²) in [5, 5.41) is 19.1. The average molecular weight is 252 g/mol. The van der Waals surface area contributed by atoms with Gasteiger partial charge in [0.25, 0.3) is 0 Å². The third-order valence-electron chi connectivity index (χ3n) is 3.50. The van der Waals surface area contributed by atoms with Gasteiger partial charge in [0.2, 0.25) is 0 Å². The highest BCUT2D eigenvalue weighted by Gasteiger charge is 2.24. The molecule has 1 aliphatic rings. The molecule has 1 saturated carbocycles. The van der Waals surface area contributed by atoms with Gasteiger partial charge < -0.3 is 15.8 Å². The number of ketones is 1. The molecule has 0 amide bonds. The molecule has 0 atom stereocenters. The van der Waals surface area contributed by atoms with E-state index in [1.165, 1.54) is 0 Å². The zero-order chi connectivity index (χ0) is 13.7. The van der Waals surface area contributed by atoms with Gasteiger partial charge in [-0.25, -0.2) is 4.79 Å². The van der Waals surface area contributed by atoms with Crippen molar-refractivity contribution < 1.29 is 14.7 Å². The third kappa shape index (κ3) is 3.68. The lowest BCUT2D eigenvalue weighted by Crippen LogP contribution is -2.34. The van der Waals surface area contributed by atoms with E-state index in [2.05, 4.69) is 5.32 Å². The molecule has 1 rings (SSSR count). The minimum absolute atomic E-state index is 0.0105. The Morgan fingerprint density at radius 2 is 1.78 bits per heavy atom. The lowest BCUT2D eigenvalue weighted by Gasteiger charge is -2.28. The number of hydrogen-bond donors (Lipinski definition) is 3. The molecule has 1 aliphatic carbocycles. The Morgan fingerprint density at radius 1 is 1.22 bits per heavy atom. The van der Waals surface area contributed by atoms with Gasteiger partial charge in [0, 0.05) is 23.9 Å². The van der Waals surface area contributed by atoms with E-state index in [-0.39, 0.29) is 23.3 Å². The van der Waals surface area contributed by atoms with Gasteiger partial charge in [-0.05, 0) is 39.5 Å². The number of rotatable bonds is 5. The fourth-order valence-corrected chi connectivity index (χ4v) is 2.36. The molecule has 5 heteroatoms. The molecule has 0 aliphatic heterocycles. The minimum Gasteiger partial charge on any atom is -0.478 e. The second-order valence-corrected chi connectivity index (χ2v) is 4.79. The molecule has 0 unspecified atom stereocenters. The molecule has 0 aromatic heterocycles. The standard InChI is InChI=1S/C13H20N2O3/c1-8(12(7-14)13(17)18)15-11-5-3-10(4-6-11)9(2)16/h7,10-11,14-15H,3-6H2,1-2H3,(H,17,18)/b12-8+,14-7?/t10-,11-. The number of carbonyl (C=O) groups is 2. The van der Waals surface area contributed by atoms with Crippen molar-refractivity contribution in [1.29, 1.82) is 5.41 Å². The van der Waals surface area contributed by atoms with Gasteiger partial charge in [-0.2, -0.15) is 0 Å². The fourth-order valence-electron chi connectivity index (χ4n) is 2.36. The van der Waals surface area contributed by atoms with E-state index in [0.29, 0.717) is 5.70 Å². The van der Waals surface area contributed by atoms with Crippen molar-refractivity contribution >= 4 is 18.0 Å². The first-order valence-electron chi connectivity index (χ1n) is 6.17. The Balaban J connectivity index is 2.58. The van der Waals surface area contributed by atoms with Crippen LogP contribution in [0.4, 0.5) is 0 Å². The lowest BCUT2D eigenvalue weighted by atomic mass is 9.84. The molecule has 1 fully saturated rings. The van der Waals surface area contributed by atoms with Crippen molar-refractivity contribution in [2.45, 2.75) is 45.6 Å². The molecular formula is C13H20N2O3. The predicted molar refractivity (Wildman–Crippen MR) is 68.7 cm³/mol. The molecule has 3 N–H and O–H groups in total. The van der Waals surface area contributed by atoms with Crippen LogP contribution in [-0.4, -0.2) is 29.1 Å². The number of Topliss-reactive ketones (excluding diaryl/α,β-unsaturated/α-hetero) is 1. The van der Waals surface area contributed by atoms with Gasteiger partial charge in [-0.15, -0.1) is 0 Å². The topological polar surface area (TPSA) is 90.3 Å². The van der Waals surface area contributed by atoms with E-state index < -0.39 is 5.97 Å². The molecule has 0 aromatic carbocycles. The summed E-state index contributed by atoms with van der Waals surface area (Å²) in [6.45, 7) is 3.30. The summed E-state index contributed by atoms with van der Waals surface area (Å²) in [5.74, 6) is -0.687. The van der Waals surface area contributed by atoms with E-state index in [9.17, 15) is 9.59 Å². The summed E-state index contributed by atoms with van der Waals surface area (Å²) >= 11 is 0. The molecular weight excluding hydrogens is 232 g/mol. The van der Waals surface area contributed by atoms with Crippen LogP contribution >= 0.6 is 0 Å². The van der Waals surface area contributed by atoms with Crippen molar-refractivity contribution in [2.24, 2.45) is 5.92 Å². The maximum absolute atomic E-state index is 11.2. The van der Waals surface area contributed by atoms with Crippen LogP contribution in [0.15, 0.2) is 11.3 Å². The Hall–Kier alpha value is -1.65. The molecule has 0 bridgehead atoms. The van der Waals surface area contributed by atoms with Crippen molar-refractivity contribution in [3.05, 3.63) is 11.3 Å². The van der Waals surface area contributed by atoms with Crippen LogP contribution in [0.3, 0.4) is 0 Å². The molecule has 0 spiro atoms. The zero-order valence-electron chi connectivity index (χ0n) is 10.8. The number of aliphatic carboxylic acids is 1. The second-order valence-electron chi connectivity index (χ2n) is 4.79. The largest absolute Gasteiger partial charge is 0.478 e. The highest BCUT2D eigenvalue weighted by molar-refractivity contribution is 6.08. The van der Waals surface area contributed by atoms with E-state index in [4.69, 9.17) is 10.5 Å². The summed E-state index contributed by atoms with van der Waals surface area (Å²) in [6, 6.07) is 0.204. The van der Waals surface area contributed by atoms with Gasteiger partial charge in [-0.3, -0.25) is 4.79 Å². The Kier molecular flexibility index (Phi) is 5.07. The molecule has 0 saturated heterocycles. The maximum Gasteiger partial charge on any atom is 0.338 e. The van der Waals surface area contributed by atoms with Gasteiger partial charge >= 0.3 is 5.97 Å². The normalized spacial score (nSPS) is 25.0. The van der Waals surface area contributed by atoms with Gasteiger partial charge in [-0.1, -0.05) is 0 Å². The SMILES string of the molecule is C/C(N[C@H]1CC[C@H](C(C)=O)CC1)=C(/C=N)C(=O)O. The molecule has 5 nitrogen and oxygen atoms in total. The van der Waals surface area contributed by atoms with E-state index in [1.807, 2.05) is 0 Å². The monoisotopic (exact) mass is 252 g/mol. The van der Waals surface area contributed by atoms with Gasteiger partial charge in [0.1, 0.15) is 5.78 Å². The summed E-state index contributed by atoms with van der Waals surface area (Å²) < 4.78 is 0. The summed E-state index contributed by atoms with van der Waals surface area (Å²) in [6.07, 6.45) is 4.30. The zero-order valence-corrected chi connectivity index (χ0v) is 10.8. The van der Waals surface area contributed by atoms with Crippen LogP contribution < -0.4 is 5.32 Å². The number of nitrogens with one attached hydrogen (secondary N) is 2. The predicted octanol–water partition coefficient (Wildman–Crippen LogP) is 1.73.